The lowest BCUT2D eigenvalue weighted by atomic mass is 10.2. The molecule has 7 nitrogen and oxygen atoms in total. The maximum absolute atomic E-state index is 12.3. The second-order valence-corrected chi connectivity index (χ2v) is 5.95. The number of fused-ring (bicyclic) bond motifs is 1. The molecule has 0 aliphatic rings. The molecule has 0 aliphatic heterocycles. The van der Waals surface area contributed by atoms with Crippen molar-refractivity contribution in [2.75, 3.05) is 0 Å². The highest BCUT2D eigenvalue weighted by Crippen LogP contribution is 2.30. The van der Waals surface area contributed by atoms with E-state index in [1.807, 2.05) is 19.1 Å². The molecule has 3 aromatic rings. The van der Waals surface area contributed by atoms with Crippen molar-refractivity contribution in [2.45, 2.75) is 6.92 Å². The largest absolute Gasteiger partial charge is 0.432 e. The summed E-state index contributed by atoms with van der Waals surface area (Å²) in [5.74, 6) is 0.107. The van der Waals surface area contributed by atoms with Crippen LogP contribution in [0.15, 0.2) is 47.4 Å². The molecular weight excluding hydrogens is 413 g/mol. The van der Waals surface area contributed by atoms with E-state index in [9.17, 15) is 14.9 Å². The minimum absolute atomic E-state index is 0.278. The molecule has 2 heterocycles. The number of ether oxygens (including phenoxy) is 1. The van der Waals surface area contributed by atoms with Crippen LogP contribution in [-0.4, -0.2) is 14.3 Å². The van der Waals surface area contributed by atoms with Gasteiger partial charge in [-0.25, -0.2) is 0 Å². The Morgan fingerprint density at radius 3 is 2.83 bits per heavy atom. The Balaban J connectivity index is 2.24. The molecule has 0 radical (unpaired) electrons. The third-order valence-electron chi connectivity index (χ3n) is 3.15. The van der Waals surface area contributed by atoms with Crippen molar-refractivity contribution >= 4 is 33.9 Å². The molecular formula is C15H10IN3O4. The number of aromatic nitrogens is 2. The van der Waals surface area contributed by atoms with Crippen molar-refractivity contribution < 1.29 is 9.66 Å². The van der Waals surface area contributed by atoms with Gasteiger partial charge < -0.3 is 4.74 Å². The summed E-state index contributed by atoms with van der Waals surface area (Å²) >= 11 is 2.05. The number of hydrogen-bond donors (Lipinski definition) is 0. The first-order chi connectivity index (χ1) is 11.0. The van der Waals surface area contributed by atoms with Gasteiger partial charge in [0.2, 0.25) is 0 Å². The van der Waals surface area contributed by atoms with Gasteiger partial charge in [-0.1, -0.05) is 12.1 Å². The first kappa shape index (κ1) is 15.4. The van der Waals surface area contributed by atoms with Crippen molar-refractivity contribution in [1.29, 1.82) is 0 Å². The standard InChI is InChI=1S/C15H10IN3O4/c1-9-5-6-10(16)11(8-9)23-14-13(19(21)22)15(20)18-7-3-2-4-12(18)17-14/h2-8H,1H3. The number of aryl methyl sites for hydroxylation is 1. The predicted molar refractivity (Wildman–Crippen MR) is 92.1 cm³/mol. The van der Waals surface area contributed by atoms with E-state index in [0.29, 0.717) is 5.75 Å². The van der Waals surface area contributed by atoms with E-state index < -0.39 is 16.2 Å². The van der Waals surface area contributed by atoms with Crippen LogP contribution in [0.2, 0.25) is 0 Å². The molecule has 116 valence electrons. The molecule has 8 heteroatoms. The van der Waals surface area contributed by atoms with Gasteiger partial charge >= 0.3 is 17.1 Å². The summed E-state index contributed by atoms with van der Waals surface area (Å²) < 4.78 is 7.48. The predicted octanol–water partition coefficient (Wildman–Crippen LogP) is 3.31. The third-order valence-corrected chi connectivity index (χ3v) is 4.05. The molecule has 0 saturated carbocycles. The van der Waals surface area contributed by atoms with Gasteiger partial charge in [-0.15, -0.1) is 0 Å². The molecule has 0 spiro atoms. The number of nitrogens with zero attached hydrogens (tertiary/aromatic N) is 3. The van der Waals surface area contributed by atoms with Crippen molar-refractivity contribution in [3.63, 3.8) is 0 Å². The highest BCUT2D eigenvalue weighted by atomic mass is 127. The van der Waals surface area contributed by atoms with E-state index in [0.717, 1.165) is 13.5 Å². The zero-order valence-electron chi connectivity index (χ0n) is 11.9. The van der Waals surface area contributed by atoms with Gasteiger partial charge in [0.15, 0.2) is 0 Å². The summed E-state index contributed by atoms with van der Waals surface area (Å²) in [7, 11) is 0. The lowest BCUT2D eigenvalue weighted by Gasteiger charge is -2.09. The average molecular weight is 423 g/mol. The highest BCUT2D eigenvalue weighted by Gasteiger charge is 2.26. The van der Waals surface area contributed by atoms with E-state index in [4.69, 9.17) is 4.74 Å². The quantitative estimate of drug-likeness (QED) is 0.367. The first-order valence-electron chi connectivity index (χ1n) is 6.57. The van der Waals surface area contributed by atoms with Crippen LogP contribution >= 0.6 is 22.6 Å². The van der Waals surface area contributed by atoms with Gasteiger partial charge in [-0.2, -0.15) is 4.98 Å². The van der Waals surface area contributed by atoms with E-state index in [-0.39, 0.29) is 11.5 Å². The summed E-state index contributed by atoms with van der Waals surface area (Å²) in [5.41, 5.74) is -0.259. The number of hydrogen-bond acceptors (Lipinski definition) is 5. The fourth-order valence-corrected chi connectivity index (χ4v) is 2.53. The van der Waals surface area contributed by atoms with Crippen LogP contribution in [0.5, 0.6) is 11.6 Å². The van der Waals surface area contributed by atoms with Crippen LogP contribution in [0.25, 0.3) is 5.65 Å². The molecule has 0 unspecified atom stereocenters. The normalized spacial score (nSPS) is 10.7. The topological polar surface area (TPSA) is 86.7 Å². The van der Waals surface area contributed by atoms with E-state index in [1.54, 1.807) is 24.3 Å². The summed E-state index contributed by atoms with van der Waals surface area (Å²) in [6, 6.07) is 10.3. The second kappa shape index (κ2) is 5.95. The van der Waals surface area contributed by atoms with Crippen LogP contribution in [-0.2, 0) is 0 Å². The lowest BCUT2D eigenvalue weighted by Crippen LogP contribution is -2.19. The fraction of sp³-hybridized carbons (Fsp3) is 0.0667. The molecule has 1 aromatic carbocycles. The highest BCUT2D eigenvalue weighted by molar-refractivity contribution is 14.1. The SMILES string of the molecule is Cc1ccc(I)c(Oc2nc3ccccn3c(=O)c2[N+](=O)[O-])c1. The number of pyridine rings is 1. The smallest absolute Gasteiger partial charge is 0.396 e. The third kappa shape index (κ3) is 2.89. The number of benzene rings is 1. The molecule has 0 aliphatic carbocycles. The van der Waals surface area contributed by atoms with E-state index in [2.05, 4.69) is 27.6 Å². The Kier molecular flexibility index (Phi) is 3.99. The molecule has 0 amide bonds. The first-order valence-corrected chi connectivity index (χ1v) is 7.65. The van der Waals surface area contributed by atoms with Gasteiger partial charge in [0.05, 0.1) is 8.49 Å². The summed E-state index contributed by atoms with van der Waals surface area (Å²) in [6.07, 6.45) is 1.43. The van der Waals surface area contributed by atoms with Gasteiger partial charge in [0.1, 0.15) is 11.4 Å². The maximum Gasteiger partial charge on any atom is 0.396 e. The van der Waals surface area contributed by atoms with E-state index in [1.165, 1.54) is 6.20 Å². The van der Waals surface area contributed by atoms with Crippen LogP contribution < -0.4 is 10.3 Å². The molecule has 2 aromatic heterocycles. The van der Waals surface area contributed by atoms with Crippen molar-refractivity contribution in [3.8, 4) is 11.6 Å². The van der Waals surface area contributed by atoms with Crippen LogP contribution in [0.1, 0.15) is 5.56 Å². The summed E-state index contributed by atoms with van der Waals surface area (Å²) in [4.78, 5) is 27.0. The zero-order chi connectivity index (χ0) is 16.6. The van der Waals surface area contributed by atoms with Gasteiger partial charge in [0, 0.05) is 6.20 Å². The monoisotopic (exact) mass is 423 g/mol. The Morgan fingerprint density at radius 1 is 1.30 bits per heavy atom. The summed E-state index contributed by atoms with van der Waals surface area (Å²) in [5, 5.41) is 11.3. The molecule has 3 rings (SSSR count). The minimum Gasteiger partial charge on any atom is -0.432 e. The lowest BCUT2D eigenvalue weighted by molar-refractivity contribution is -0.387. The second-order valence-electron chi connectivity index (χ2n) is 4.79. The van der Waals surface area contributed by atoms with Gasteiger partial charge in [-0.3, -0.25) is 19.3 Å². The molecule has 0 fully saturated rings. The maximum atomic E-state index is 12.3. The number of halogens is 1. The van der Waals surface area contributed by atoms with Crippen LogP contribution in [0, 0.1) is 20.6 Å². The van der Waals surface area contributed by atoms with Gasteiger partial charge in [0.25, 0.3) is 0 Å². The Morgan fingerprint density at radius 2 is 2.09 bits per heavy atom. The van der Waals surface area contributed by atoms with Crippen molar-refractivity contribution in [2.24, 2.45) is 0 Å². The zero-order valence-corrected chi connectivity index (χ0v) is 14.1. The minimum atomic E-state index is -0.779. The van der Waals surface area contributed by atoms with Crippen LogP contribution in [0.4, 0.5) is 5.69 Å². The molecule has 0 atom stereocenters. The molecule has 0 N–H and O–H groups in total. The van der Waals surface area contributed by atoms with Gasteiger partial charge in [-0.05, 0) is 59.3 Å². The van der Waals surface area contributed by atoms with E-state index >= 15 is 0 Å². The summed E-state index contributed by atoms with van der Waals surface area (Å²) in [6.45, 7) is 1.88. The fourth-order valence-electron chi connectivity index (χ4n) is 2.08. The molecule has 0 bridgehead atoms. The van der Waals surface area contributed by atoms with Crippen molar-refractivity contribution in [1.82, 2.24) is 9.38 Å². The Bertz CT molecular complexity index is 984. The average Bonchev–Trinajstić information content (AvgIpc) is 2.51. The Hall–Kier alpha value is -2.49. The number of rotatable bonds is 3. The Labute approximate surface area is 143 Å². The number of nitro groups is 1. The van der Waals surface area contributed by atoms with Crippen molar-refractivity contribution in [3.05, 3.63) is 72.2 Å². The molecule has 0 saturated heterocycles. The van der Waals surface area contributed by atoms with Crippen LogP contribution in [0.3, 0.4) is 0 Å². The molecule has 23 heavy (non-hydrogen) atoms.